The van der Waals surface area contributed by atoms with E-state index < -0.39 is 97.5 Å². The Labute approximate surface area is 311 Å². The van der Waals surface area contributed by atoms with Crippen LogP contribution in [0.15, 0.2) is 11.6 Å². The molecular formula is C39H62O14. The van der Waals surface area contributed by atoms with Gasteiger partial charge in [0.05, 0.1) is 43.7 Å². The molecule has 8 rings (SSSR count). The van der Waals surface area contributed by atoms with Crippen molar-refractivity contribution in [3.8, 4) is 0 Å². The van der Waals surface area contributed by atoms with Gasteiger partial charge in [0.25, 0.3) is 0 Å². The third-order valence-corrected chi connectivity index (χ3v) is 15.8. The van der Waals surface area contributed by atoms with Crippen molar-refractivity contribution in [1.29, 1.82) is 0 Å². The van der Waals surface area contributed by atoms with E-state index in [1.54, 1.807) is 6.92 Å². The van der Waals surface area contributed by atoms with E-state index in [0.717, 1.165) is 25.7 Å². The number of allylic oxidation sites excluding steroid dienone is 1. The lowest BCUT2D eigenvalue weighted by molar-refractivity contribution is -0.344. The summed E-state index contributed by atoms with van der Waals surface area (Å²) in [4.78, 5) is 0. The number of hydrogen-bond acceptors (Lipinski definition) is 14. The number of hydrogen-bond donors (Lipinski definition) is 8. The fraction of sp³-hybridized carbons (Fsp3) is 0.949. The number of aliphatic hydroxyl groups is 8. The predicted molar refractivity (Wildman–Crippen MR) is 184 cm³/mol. The minimum absolute atomic E-state index is 0.0284. The van der Waals surface area contributed by atoms with E-state index in [0.29, 0.717) is 37.7 Å². The summed E-state index contributed by atoms with van der Waals surface area (Å²) in [5.74, 6) is 0.284. The van der Waals surface area contributed by atoms with Crippen LogP contribution < -0.4 is 0 Å². The Morgan fingerprint density at radius 1 is 0.830 bits per heavy atom. The van der Waals surface area contributed by atoms with Crippen LogP contribution in [0.25, 0.3) is 0 Å². The van der Waals surface area contributed by atoms with Crippen LogP contribution in [-0.4, -0.2) is 146 Å². The second kappa shape index (κ2) is 13.9. The van der Waals surface area contributed by atoms with E-state index in [1.807, 2.05) is 6.92 Å². The van der Waals surface area contributed by atoms with Gasteiger partial charge in [0.1, 0.15) is 42.7 Å². The Bertz CT molecular complexity index is 1380. The molecule has 0 aromatic heterocycles. The van der Waals surface area contributed by atoms with Gasteiger partial charge in [0.15, 0.2) is 18.4 Å². The van der Waals surface area contributed by atoms with Crippen LogP contribution in [0.3, 0.4) is 0 Å². The molecule has 4 saturated heterocycles. The van der Waals surface area contributed by atoms with Crippen molar-refractivity contribution < 1.29 is 69.3 Å². The van der Waals surface area contributed by atoms with Crippen LogP contribution in [0.2, 0.25) is 0 Å². The van der Waals surface area contributed by atoms with E-state index in [-0.39, 0.29) is 35.2 Å². The molecule has 302 valence electrons. The van der Waals surface area contributed by atoms with Crippen LogP contribution in [0.4, 0.5) is 0 Å². The highest BCUT2D eigenvalue weighted by atomic mass is 16.7. The van der Waals surface area contributed by atoms with E-state index in [2.05, 4.69) is 26.8 Å². The second-order valence-electron chi connectivity index (χ2n) is 18.5. The summed E-state index contributed by atoms with van der Waals surface area (Å²) in [5.41, 5.74) is 0.737. The Balaban J connectivity index is 1.000. The number of aliphatic hydroxyl groups excluding tert-OH is 8. The van der Waals surface area contributed by atoms with Gasteiger partial charge >= 0.3 is 0 Å². The van der Waals surface area contributed by atoms with Gasteiger partial charge in [0, 0.05) is 30.1 Å². The predicted octanol–water partition coefficient (Wildman–Crippen LogP) is 0.332. The lowest BCUT2D eigenvalue weighted by atomic mass is 9.46. The summed E-state index contributed by atoms with van der Waals surface area (Å²) in [7, 11) is 0. The van der Waals surface area contributed by atoms with Crippen molar-refractivity contribution in [2.45, 2.75) is 171 Å². The first-order valence-electron chi connectivity index (χ1n) is 20.0. The van der Waals surface area contributed by atoms with Gasteiger partial charge < -0.3 is 69.3 Å². The molecule has 4 aliphatic carbocycles. The molecule has 8 N–H and O–H groups in total. The second-order valence-corrected chi connectivity index (χ2v) is 18.5. The minimum atomic E-state index is -1.52. The molecule has 1 spiro atoms. The molecule has 0 aromatic rings. The van der Waals surface area contributed by atoms with E-state index in [9.17, 15) is 40.9 Å². The van der Waals surface area contributed by atoms with Gasteiger partial charge in [0.2, 0.25) is 0 Å². The summed E-state index contributed by atoms with van der Waals surface area (Å²) < 4.78 is 38.2. The highest BCUT2D eigenvalue weighted by Crippen LogP contribution is 2.71. The molecule has 7 fully saturated rings. The number of rotatable bonds is 5. The summed E-state index contributed by atoms with van der Waals surface area (Å²) in [6.45, 7) is 10.4. The Morgan fingerprint density at radius 3 is 2.25 bits per heavy atom. The Kier molecular flexibility index (Phi) is 10.3. The maximum atomic E-state index is 11.0. The van der Waals surface area contributed by atoms with Crippen LogP contribution in [-0.2, 0) is 28.4 Å². The first kappa shape index (κ1) is 39.0. The van der Waals surface area contributed by atoms with E-state index >= 15 is 0 Å². The summed E-state index contributed by atoms with van der Waals surface area (Å²) >= 11 is 0. The molecule has 14 nitrogen and oxygen atoms in total. The van der Waals surface area contributed by atoms with Gasteiger partial charge in [-0.1, -0.05) is 39.3 Å². The minimum Gasteiger partial charge on any atom is -0.394 e. The first-order chi connectivity index (χ1) is 25.0. The lowest BCUT2D eigenvalue weighted by Crippen LogP contribution is -2.61. The first-order valence-corrected chi connectivity index (χ1v) is 20.0. The van der Waals surface area contributed by atoms with Gasteiger partial charge in [-0.15, -0.1) is 0 Å². The molecule has 4 heterocycles. The maximum absolute atomic E-state index is 11.0. The normalized spacial score (nSPS) is 59.5. The summed E-state index contributed by atoms with van der Waals surface area (Å²) in [6.07, 6.45) is -6.75. The third kappa shape index (κ3) is 5.95. The molecule has 4 aliphatic heterocycles. The average molecular weight is 755 g/mol. The highest BCUT2D eigenvalue weighted by molar-refractivity contribution is 5.29. The van der Waals surface area contributed by atoms with Crippen LogP contribution in [0.1, 0.15) is 79.6 Å². The largest absolute Gasteiger partial charge is 0.394 e. The molecule has 23 atom stereocenters. The van der Waals surface area contributed by atoms with E-state index in [1.165, 1.54) is 5.57 Å². The van der Waals surface area contributed by atoms with Crippen molar-refractivity contribution in [2.24, 2.45) is 46.3 Å². The monoisotopic (exact) mass is 754 g/mol. The topological polar surface area (TPSA) is 217 Å². The molecule has 14 heteroatoms. The zero-order chi connectivity index (χ0) is 37.9. The quantitative estimate of drug-likeness (QED) is 0.178. The zero-order valence-electron chi connectivity index (χ0n) is 31.5. The van der Waals surface area contributed by atoms with Gasteiger partial charge in [-0.2, -0.15) is 0 Å². The fourth-order valence-corrected chi connectivity index (χ4v) is 12.7. The van der Waals surface area contributed by atoms with Gasteiger partial charge in [-0.25, -0.2) is 0 Å². The van der Waals surface area contributed by atoms with Gasteiger partial charge in [-0.3, -0.25) is 0 Å². The summed E-state index contributed by atoms with van der Waals surface area (Å²) in [5, 5.41) is 83.8. The smallest absolute Gasteiger partial charge is 0.186 e. The average Bonchev–Trinajstić information content (AvgIpc) is 3.57. The molecule has 0 amide bonds. The molecule has 53 heavy (non-hydrogen) atoms. The van der Waals surface area contributed by atoms with E-state index in [4.69, 9.17) is 28.4 Å². The highest BCUT2D eigenvalue weighted by Gasteiger charge is 2.70. The van der Waals surface area contributed by atoms with Crippen molar-refractivity contribution in [2.75, 3.05) is 13.2 Å². The molecule has 3 unspecified atom stereocenters. The third-order valence-electron chi connectivity index (χ3n) is 15.8. The van der Waals surface area contributed by atoms with Crippen LogP contribution in [0.5, 0.6) is 0 Å². The Hall–Kier alpha value is -0.820. The number of fused-ring (bicyclic) bond motifs is 7. The molecule has 3 saturated carbocycles. The molecule has 8 aliphatic rings. The Morgan fingerprint density at radius 2 is 1.53 bits per heavy atom. The molecule has 0 aromatic carbocycles. The van der Waals surface area contributed by atoms with Crippen LogP contribution in [0, 0.1) is 46.3 Å². The molecule has 0 bridgehead atoms. The summed E-state index contributed by atoms with van der Waals surface area (Å²) in [6, 6.07) is 0. The standard InChI is InChI=1S/C39H62O14/c1-16-15-48-39(13-25(16)50-36-34(47)32(45)30(43)26(14-40)51-36)17(2)28-24(53-39)12-23-21-7-6-19-10-20(41)11-27(38(19,5)22(21)8-9-37(23,28)4)52-35-33(46)31(44)29(42)18(3)49-35/h6,16-18,20-36,40-47H,7-15H2,1-5H3/t16-,17?,18-,20-,21-,22+,23+,24?,25+,26+,27-,28?,29+,30-,31+,32+,33-,34-,35+,36-,37+,38+,39-/m1/s1. The van der Waals surface area contributed by atoms with Gasteiger partial charge in [-0.05, 0) is 68.1 Å². The maximum Gasteiger partial charge on any atom is 0.186 e. The SMILES string of the molecule is CC1C2C(C[C@H]3[C@@H]4CC=C5C[C@@H](O)C[C@@H](O[C@@H]6O[C@H](C)[C@H](O)[C@H](O)[C@H]6O)[C@]5(C)[C@H]4CC[C@]23C)O[C@]12C[C@H](O[C@@H]1O[C@@H](CO)[C@@H](O)[C@H](O)[C@H]1O)[C@H](C)CO2. The zero-order valence-corrected chi connectivity index (χ0v) is 31.5. The van der Waals surface area contributed by atoms with Crippen molar-refractivity contribution in [1.82, 2.24) is 0 Å². The lowest BCUT2D eigenvalue weighted by Gasteiger charge is -2.60. The van der Waals surface area contributed by atoms with Crippen molar-refractivity contribution in [3.05, 3.63) is 11.6 Å². The van der Waals surface area contributed by atoms with Crippen molar-refractivity contribution >= 4 is 0 Å². The van der Waals surface area contributed by atoms with Crippen molar-refractivity contribution in [3.63, 3.8) is 0 Å². The van der Waals surface area contributed by atoms with Crippen LogP contribution >= 0.6 is 0 Å². The number of ether oxygens (including phenoxy) is 6. The molecule has 0 radical (unpaired) electrons. The molecular weight excluding hydrogens is 692 g/mol. The fourth-order valence-electron chi connectivity index (χ4n) is 12.7.